The van der Waals surface area contributed by atoms with E-state index in [4.69, 9.17) is 14.7 Å². The first kappa shape index (κ1) is 112. The average Bonchev–Trinajstić information content (AvgIpc) is 1.62. The van der Waals surface area contributed by atoms with E-state index in [9.17, 15) is 4.79 Å². The van der Waals surface area contributed by atoms with Gasteiger partial charge in [0, 0.05) is 128 Å². The number of carbonyl (C=O) groups excluding carboxylic acids is 1. The summed E-state index contributed by atoms with van der Waals surface area (Å²) in [7, 11) is 0. The number of nitrogens with zero attached hydrogens (tertiary/aromatic N) is 4. The van der Waals surface area contributed by atoms with E-state index in [0.717, 1.165) is 85.7 Å². The SMILES string of the molecule is CC(C)(C)C#CC1=CC=C(C(C)(C)C)C1.CC(C)(C)C(=O)NC1=CC=C(C(C)(C)C)C1.CC(C)(C)C1=Cc2cnc(C(C)(C)C)nc2C1.CC(C)(C)C1=Cc2ncc(C(C)(C)C)nc2C1.CC(C)(C)C1=Cc2sc(C(C)(C)C)cc2C1.CC(C)(C)NC1=CC=C(C(C)(C)C)C1.CC(C)(C)NC1=Cc2ccc(C(C)(C)C)cc2C1.CC(C)(C)OC1=Cc2ccc(C(C)(C)C)cc2C1. The van der Waals surface area contributed by atoms with Crippen molar-refractivity contribution in [3.63, 3.8) is 0 Å². The van der Waals surface area contributed by atoms with Crippen LogP contribution in [0, 0.1) is 55.2 Å². The fourth-order valence-electron chi connectivity index (χ4n) is 14.9. The van der Waals surface area contributed by atoms with Gasteiger partial charge < -0.3 is 20.7 Å². The lowest BCUT2D eigenvalue weighted by atomic mass is 9.85. The highest BCUT2D eigenvalue weighted by Crippen LogP contribution is 2.45. The summed E-state index contributed by atoms with van der Waals surface area (Å²) in [6.45, 7) is 106. The van der Waals surface area contributed by atoms with Crippen LogP contribution in [0.5, 0.6) is 0 Å². The summed E-state index contributed by atoms with van der Waals surface area (Å²) in [5, 5.41) is 10.1. The number of hydrogen-bond donors (Lipinski definition) is 3. The molecular formula is C121H183N7O2S. The van der Waals surface area contributed by atoms with Crippen molar-refractivity contribution in [3.8, 4) is 11.8 Å². The fourth-order valence-corrected chi connectivity index (χ4v) is 16.1. The zero-order valence-electron chi connectivity index (χ0n) is 92.2. The lowest BCUT2D eigenvalue weighted by molar-refractivity contribution is -0.127. The van der Waals surface area contributed by atoms with Crippen LogP contribution in [0.4, 0.5) is 0 Å². The first-order valence-corrected chi connectivity index (χ1v) is 49.6. The van der Waals surface area contributed by atoms with Crippen molar-refractivity contribution in [2.24, 2.45) is 43.3 Å². The predicted octanol–water partition coefficient (Wildman–Crippen LogP) is 32.9. The molecule has 0 unspecified atom stereocenters. The number of rotatable bonds is 4. The number of hydrogen-bond acceptors (Lipinski definition) is 9. The molecule has 8 aliphatic carbocycles. The van der Waals surface area contributed by atoms with Crippen molar-refractivity contribution in [2.45, 2.75) is 427 Å². The third kappa shape index (κ3) is 36.2. The largest absolute Gasteiger partial charge is 0.492 e. The molecule has 2 aromatic carbocycles. The number of nitrogens with one attached hydrogen (secondary N) is 3. The van der Waals surface area contributed by atoms with E-state index in [1.54, 1.807) is 11.1 Å². The number of amides is 1. The molecule has 131 heavy (non-hydrogen) atoms. The smallest absolute Gasteiger partial charge is 0.229 e. The Bertz CT molecular complexity index is 5120. The third-order valence-corrected chi connectivity index (χ3v) is 25.2. The molecular weight excluding hydrogens is 1620 g/mol. The fraction of sp³-hybridized carbons (Fsp3) is 0.595. The van der Waals surface area contributed by atoms with Gasteiger partial charge in [0.2, 0.25) is 5.91 Å². The molecule has 3 aromatic heterocycles. The van der Waals surface area contributed by atoms with E-state index in [1.165, 1.54) is 99.2 Å². The van der Waals surface area contributed by atoms with Gasteiger partial charge in [-0.05, 0) is 220 Å². The Morgan fingerprint density at radius 3 is 1.24 bits per heavy atom. The van der Waals surface area contributed by atoms with Crippen molar-refractivity contribution in [3.05, 3.63) is 236 Å². The van der Waals surface area contributed by atoms with E-state index in [-0.39, 0.29) is 76.7 Å². The van der Waals surface area contributed by atoms with Crippen LogP contribution in [-0.2, 0) is 68.7 Å². The van der Waals surface area contributed by atoms with Gasteiger partial charge in [0.1, 0.15) is 17.2 Å². The van der Waals surface area contributed by atoms with Gasteiger partial charge in [0.15, 0.2) is 0 Å². The van der Waals surface area contributed by atoms with Crippen LogP contribution in [0.25, 0.3) is 30.4 Å². The van der Waals surface area contributed by atoms with Gasteiger partial charge in [-0.15, -0.1) is 11.3 Å². The number of thiophene rings is 1. The van der Waals surface area contributed by atoms with Crippen molar-refractivity contribution in [1.82, 2.24) is 35.9 Å². The first-order chi connectivity index (χ1) is 58.8. The van der Waals surface area contributed by atoms with E-state index in [1.807, 2.05) is 50.6 Å². The number of carbonyl (C=O) groups is 1. The summed E-state index contributed by atoms with van der Waals surface area (Å²) >= 11 is 1.97. The molecule has 3 heterocycles. The van der Waals surface area contributed by atoms with Crippen LogP contribution < -0.4 is 16.0 Å². The maximum Gasteiger partial charge on any atom is 0.229 e. The lowest BCUT2D eigenvalue weighted by Crippen LogP contribution is -2.34. The molecule has 1 amide bonds. The van der Waals surface area contributed by atoms with Crippen LogP contribution in [0.15, 0.2) is 153 Å². The van der Waals surface area contributed by atoms with Crippen LogP contribution in [0.2, 0.25) is 0 Å². The van der Waals surface area contributed by atoms with Crippen LogP contribution in [0.3, 0.4) is 0 Å². The Morgan fingerprint density at radius 2 is 0.809 bits per heavy atom. The van der Waals surface area contributed by atoms with Crippen molar-refractivity contribution < 1.29 is 9.53 Å². The van der Waals surface area contributed by atoms with Gasteiger partial charge in [0.25, 0.3) is 0 Å². The molecule has 9 nitrogen and oxygen atoms in total. The minimum atomic E-state index is -0.328. The van der Waals surface area contributed by atoms with Crippen molar-refractivity contribution >= 4 is 47.6 Å². The van der Waals surface area contributed by atoms with Crippen molar-refractivity contribution in [2.75, 3.05) is 0 Å². The number of benzene rings is 2. The highest BCUT2D eigenvalue weighted by Gasteiger charge is 2.34. The Kier molecular flexibility index (Phi) is 35.1. The van der Waals surface area contributed by atoms with Crippen molar-refractivity contribution in [1.29, 1.82) is 0 Å². The summed E-state index contributed by atoms with van der Waals surface area (Å²) in [5.74, 6) is 8.68. The number of allylic oxidation sites excluding steroid dienone is 15. The molecule has 0 bridgehead atoms. The van der Waals surface area contributed by atoms with Gasteiger partial charge in [-0.2, -0.15) is 0 Å². The monoisotopic (exact) mass is 1800 g/mol. The molecule has 0 saturated carbocycles. The Morgan fingerprint density at radius 1 is 0.359 bits per heavy atom. The molecule has 0 fully saturated rings. The van der Waals surface area contributed by atoms with Gasteiger partial charge in [-0.1, -0.05) is 361 Å². The molecule has 0 saturated heterocycles. The van der Waals surface area contributed by atoms with E-state index in [0.29, 0.717) is 16.2 Å². The number of ether oxygens (including phenoxy) is 1. The second kappa shape index (κ2) is 41.2. The topological polar surface area (TPSA) is 114 Å². The molecule has 0 spiro atoms. The van der Waals surface area contributed by atoms with E-state index in [2.05, 4.69) is 453 Å². The van der Waals surface area contributed by atoms with Gasteiger partial charge in [-0.25, -0.2) is 9.97 Å². The van der Waals surface area contributed by atoms with Gasteiger partial charge >= 0.3 is 0 Å². The second-order valence-corrected chi connectivity index (χ2v) is 55.4. The zero-order valence-corrected chi connectivity index (χ0v) is 93.0. The summed E-state index contributed by atoms with van der Waals surface area (Å²) in [6.07, 6.45) is 36.3. The minimum absolute atomic E-state index is 0.0273. The quantitative estimate of drug-likeness (QED) is 0.153. The third-order valence-electron chi connectivity index (χ3n) is 23.7. The molecule has 13 rings (SSSR count). The molecule has 0 aliphatic heterocycles. The Labute approximate surface area is 806 Å². The summed E-state index contributed by atoms with van der Waals surface area (Å²) in [5.41, 5.74) is 31.7. The first-order valence-electron chi connectivity index (χ1n) is 48.8. The normalized spacial score (nSPS) is 16.2. The molecule has 3 N–H and O–H groups in total. The zero-order chi connectivity index (χ0) is 100. The predicted molar refractivity (Wildman–Crippen MR) is 574 cm³/mol. The molecule has 720 valence electrons. The Hall–Kier alpha value is -8.13. The Balaban J connectivity index is 0.000000231. The maximum absolute atomic E-state index is 11.8. The van der Waals surface area contributed by atoms with Gasteiger partial charge in [-0.3, -0.25) is 14.8 Å². The van der Waals surface area contributed by atoms with Crippen LogP contribution in [0.1, 0.15) is 434 Å². The number of fused-ring (bicyclic) bond motifs is 5. The second-order valence-electron chi connectivity index (χ2n) is 54.3. The summed E-state index contributed by atoms with van der Waals surface area (Å²) in [6, 6.07) is 16.1. The van der Waals surface area contributed by atoms with Crippen LogP contribution >= 0.6 is 11.3 Å². The highest BCUT2D eigenvalue weighted by atomic mass is 32.1. The van der Waals surface area contributed by atoms with Gasteiger partial charge in [0.05, 0.1) is 22.8 Å². The average molecular weight is 1800 g/mol. The number of aromatic nitrogens is 4. The summed E-state index contributed by atoms with van der Waals surface area (Å²) < 4.78 is 5.97. The highest BCUT2D eigenvalue weighted by molar-refractivity contribution is 7.13. The molecule has 10 heteroatoms. The lowest BCUT2D eigenvalue weighted by Gasteiger charge is -2.26. The van der Waals surface area contributed by atoms with Crippen LogP contribution in [-0.4, -0.2) is 42.5 Å². The minimum Gasteiger partial charge on any atom is -0.492 e. The van der Waals surface area contributed by atoms with E-state index >= 15 is 0 Å². The molecule has 5 aromatic rings. The standard InChI is InChI=1S/C17H25N.C17H24O.2C15H22N2.C15H22S.C15H22.C14H23NO.C13H23N/c2*1-16(2,3)14-8-7-12-10-15(11-13(12)9-14)18-17(4,5)6;1-14(2,3)11-7-10-9-16-13(15(4,5)6)17-12(10)8-11;1-14(2,3)10-7-11-12(8-10)17-13(9-16-11)15(4,5)6;1-14(2,3)11-7-10-8-13(15(4,5)6)16-12(10)9-11;1-14(2,3)10-9-12-7-8-13(11-12)15(4,5)6;1-13(2,3)10-7-8-11(9-10)15-12(16)14(4,5)6;1-12(2,3)10-7-8-11(9-10)14-13(4,5)6/h7-10,18H,11H2,1-6H3;7-10H,11H2,1-6H3;2*7,9H,8H2,1-6H3;8-9H,7H2,1-6H3;7-8H,11H2,1-6H3;7-8H,9H2,1-6H3,(H,15,16);7-8,14H,9H2,1-6H3. The molecule has 0 atom stereocenters. The molecule has 8 aliphatic rings. The van der Waals surface area contributed by atoms with E-state index < -0.39 is 0 Å². The molecule has 0 radical (unpaired) electrons. The summed E-state index contributed by atoms with van der Waals surface area (Å²) in [4.78, 5) is 33.3. The maximum atomic E-state index is 11.8.